The highest BCUT2D eigenvalue weighted by atomic mass is 35.5. The van der Waals surface area contributed by atoms with Crippen LogP contribution in [-0.2, 0) is 21.2 Å². The topological polar surface area (TPSA) is 88.4 Å². The normalized spacial score (nSPS) is 11.4. The molecule has 9 heteroatoms. The van der Waals surface area contributed by atoms with E-state index in [9.17, 15) is 13.2 Å². The Kier molecular flexibility index (Phi) is 6.06. The van der Waals surface area contributed by atoms with Gasteiger partial charge in [0.05, 0.1) is 27.7 Å². The molecule has 0 spiro atoms. The van der Waals surface area contributed by atoms with E-state index in [1.165, 1.54) is 18.2 Å². The first-order valence-electron chi connectivity index (χ1n) is 6.62. The van der Waals surface area contributed by atoms with Crippen molar-refractivity contribution in [2.24, 2.45) is 0 Å². The van der Waals surface area contributed by atoms with Crippen LogP contribution < -0.4 is 10.0 Å². The molecule has 1 aromatic carbocycles. The van der Waals surface area contributed by atoms with Crippen LogP contribution in [0.15, 0.2) is 45.9 Å². The monoisotopic (exact) mass is 376 g/mol. The van der Waals surface area contributed by atoms with E-state index in [2.05, 4.69) is 10.0 Å². The molecule has 0 aliphatic rings. The SMILES string of the molecule is O=C(CNS(=O)(=O)c1ccc(Cl)c(Cl)c1)NCCc1ccco1. The summed E-state index contributed by atoms with van der Waals surface area (Å²) >= 11 is 11.5. The number of halogens is 2. The van der Waals surface area contributed by atoms with Crippen molar-refractivity contribution < 1.29 is 17.6 Å². The van der Waals surface area contributed by atoms with Crippen LogP contribution in [0.5, 0.6) is 0 Å². The van der Waals surface area contributed by atoms with Crippen molar-refractivity contribution >= 4 is 39.1 Å². The third-order valence-corrected chi connectivity index (χ3v) is 5.04. The molecule has 1 aromatic heterocycles. The van der Waals surface area contributed by atoms with Crippen LogP contribution in [0.1, 0.15) is 5.76 Å². The minimum absolute atomic E-state index is 0.0599. The van der Waals surface area contributed by atoms with Crippen LogP contribution in [0.4, 0.5) is 0 Å². The van der Waals surface area contributed by atoms with Crippen LogP contribution >= 0.6 is 23.2 Å². The zero-order valence-corrected chi connectivity index (χ0v) is 14.2. The molecule has 23 heavy (non-hydrogen) atoms. The number of carbonyl (C=O) groups excluding carboxylic acids is 1. The van der Waals surface area contributed by atoms with Gasteiger partial charge in [-0.05, 0) is 30.3 Å². The van der Waals surface area contributed by atoms with E-state index >= 15 is 0 Å². The Morgan fingerprint density at radius 1 is 1.17 bits per heavy atom. The number of furan rings is 1. The maximum atomic E-state index is 12.1. The van der Waals surface area contributed by atoms with Crippen LogP contribution in [-0.4, -0.2) is 27.4 Å². The molecule has 0 radical (unpaired) electrons. The van der Waals surface area contributed by atoms with Gasteiger partial charge in [0.1, 0.15) is 5.76 Å². The van der Waals surface area contributed by atoms with Gasteiger partial charge in [0.25, 0.3) is 0 Å². The van der Waals surface area contributed by atoms with Crippen molar-refractivity contribution in [2.45, 2.75) is 11.3 Å². The fourth-order valence-corrected chi connectivity index (χ4v) is 3.10. The Bertz CT molecular complexity index is 776. The van der Waals surface area contributed by atoms with Gasteiger partial charge in [-0.3, -0.25) is 4.79 Å². The van der Waals surface area contributed by atoms with Crippen LogP contribution in [0.2, 0.25) is 10.0 Å². The standard InChI is InChI=1S/C14H14Cl2N2O4S/c15-12-4-3-11(8-13(12)16)23(20,21)18-9-14(19)17-6-5-10-2-1-7-22-10/h1-4,7-8,18H,5-6,9H2,(H,17,19). The van der Waals surface area contributed by atoms with Gasteiger partial charge in [0.2, 0.25) is 15.9 Å². The highest BCUT2D eigenvalue weighted by Gasteiger charge is 2.16. The molecule has 1 amide bonds. The lowest BCUT2D eigenvalue weighted by Gasteiger charge is -2.08. The maximum Gasteiger partial charge on any atom is 0.241 e. The van der Waals surface area contributed by atoms with E-state index in [-0.39, 0.29) is 21.5 Å². The lowest BCUT2D eigenvalue weighted by Crippen LogP contribution is -2.37. The lowest BCUT2D eigenvalue weighted by molar-refractivity contribution is -0.119. The number of carbonyl (C=O) groups is 1. The van der Waals surface area contributed by atoms with Gasteiger partial charge >= 0.3 is 0 Å². The molecule has 0 atom stereocenters. The van der Waals surface area contributed by atoms with Crippen LogP contribution in [0, 0.1) is 0 Å². The Morgan fingerprint density at radius 2 is 1.96 bits per heavy atom. The fraction of sp³-hybridized carbons (Fsp3) is 0.214. The van der Waals surface area contributed by atoms with Crippen molar-refractivity contribution in [2.75, 3.05) is 13.1 Å². The highest BCUT2D eigenvalue weighted by molar-refractivity contribution is 7.89. The number of rotatable bonds is 7. The third-order valence-electron chi connectivity index (χ3n) is 2.90. The predicted octanol–water partition coefficient (Wildman–Crippen LogP) is 2.22. The summed E-state index contributed by atoms with van der Waals surface area (Å²) in [6.07, 6.45) is 2.07. The quantitative estimate of drug-likeness (QED) is 0.775. The molecule has 1 heterocycles. The van der Waals surface area contributed by atoms with Gasteiger partial charge in [-0.15, -0.1) is 0 Å². The summed E-state index contributed by atoms with van der Waals surface area (Å²) in [6.45, 7) is -0.0262. The smallest absolute Gasteiger partial charge is 0.241 e. The molecule has 0 unspecified atom stereocenters. The maximum absolute atomic E-state index is 12.1. The molecule has 0 aliphatic heterocycles. The van der Waals surface area contributed by atoms with Gasteiger partial charge in [-0.1, -0.05) is 23.2 Å². The van der Waals surface area contributed by atoms with Crippen molar-refractivity contribution in [3.63, 3.8) is 0 Å². The number of amides is 1. The molecule has 0 saturated carbocycles. The summed E-state index contributed by atoms with van der Waals surface area (Å²) in [4.78, 5) is 11.6. The molecular weight excluding hydrogens is 363 g/mol. The minimum Gasteiger partial charge on any atom is -0.469 e. The van der Waals surface area contributed by atoms with Gasteiger partial charge in [0, 0.05) is 13.0 Å². The second-order valence-corrected chi connectivity index (χ2v) is 7.16. The Labute approximate surface area is 143 Å². The number of benzene rings is 1. The van der Waals surface area contributed by atoms with Gasteiger partial charge in [0.15, 0.2) is 0 Å². The van der Waals surface area contributed by atoms with E-state index in [1.54, 1.807) is 18.4 Å². The molecule has 2 rings (SSSR count). The first kappa shape index (κ1) is 17.8. The Balaban J connectivity index is 1.83. The van der Waals surface area contributed by atoms with E-state index in [1.807, 2.05) is 0 Å². The summed E-state index contributed by atoms with van der Waals surface area (Å²) in [6, 6.07) is 7.45. The zero-order valence-electron chi connectivity index (χ0n) is 11.9. The molecule has 0 aliphatic carbocycles. The number of hydrogen-bond acceptors (Lipinski definition) is 4. The lowest BCUT2D eigenvalue weighted by atomic mass is 10.3. The average Bonchev–Trinajstić information content (AvgIpc) is 3.01. The molecule has 6 nitrogen and oxygen atoms in total. The molecule has 124 valence electrons. The molecule has 2 N–H and O–H groups in total. The summed E-state index contributed by atoms with van der Waals surface area (Å²) in [5.41, 5.74) is 0. The summed E-state index contributed by atoms with van der Waals surface area (Å²) in [5.74, 6) is 0.293. The molecule has 0 fully saturated rings. The molecule has 2 aromatic rings. The number of sulfonamides is 1. The van der Waals surface area contributed by atoms with Crippen molar-refractivity contribution in [1.29, 1.82) is 0 Å². The largest absolute Gasteiger partial charge is 0.469 e. The minimum atomic E-state index is -3.84. The summed E-state index contributed by atoms with van der Waals surface area (Å²) in [5, 5.41) is 2.97. The van der Waals surface area contributed by atoms with Crippen LogP contribution in [0.25, 0.3) is 0 Å². The zero-order chi connectivity index (χ0) is 16.9. The second kappa shape index (κ2) is 7.83. The van der Waals surface area contributed by atoms with Crippen molar-refractivity contribution in [1.82, 2.24) is 10.0 Å². The number of hydrogen-bond donors (Lipinski definition) is 2. The van der Waals surface area contributed by atoms with Crippen molar-refractivity contribution in [3.8, 4) is 0 Å². The first-order chi connectivity index (χ1) is 10.9. The van der Waals surface area contributed by atoms with E-state index < -0.39 is 15.9 Å². The molecule has 0 bridgehead atoms. The van der Waals surface area contributed by atoms with Gasteiger partial charge in [-0.2, -0.15) is 0 Å². The predicted molar refractivity (Wildman–Crippen MR) is 87.1 cm³/mol. The molecule has 0 saturated heterocycles. The Morgan fingerprint density at radius 3 is 2.61 bits per heavy atom. The third kappa shape index (κ3) is 5.24. The van der Waals surface area contributed by atoms with Gasteiger partial charge < -0.3 is 9.73 Å². The second-order valence-electron chi connectivity index (χ2n) is 4.58. The first-order valence-corrected chi connectivity index (χ1v) is 8.86. The van der Waals surface area contributed by atoms with E-state index in [4.69, 9.17) is 27.6 Å². The van der Waals surface area contributed by atoms with Crippen LogP contribution in [0.3, 0.4) is 0 Å². The summed E-state index contributed by atoms with van der Waals surface area (Å²) < 4.78 is 31.4. The highest BCUT2D eigenvalue weighted by Crippen LogP contribution is 2.24. The average molecular weight is 377 g/mol. The summed E-state index contributed by atoms with van der Waals surface area (Å²) in [7, 11) is -3.84. The van der Waals surface area contributed by atoms with E-state index in [0.717, 1.165) is 5.76 Å². The van der Waals surface area contributed by atoms with Gasteiger partial charge in [-0.25, -0.2) is 13.1 Å². The van der Waals surface area contributed by atoms with E-state index in [0.29, 0.717) is 13.0 Å². The fourth-order valence-electron chi connectivity index (χ4n) is 1.73. The Hall–Kier alpha value is -1.54. The van der Waals surface area contributed by atoms with Crippen molar-refractivity contribution in [3.05, 3.63) is 52.4 Å². The molecular formula is C14H14Cl2N2O4S. The number of nitrogens with one attached hydrogen (secondary N) is 2.